The third-order valence-electron chi connectivity index (χ3n) is 3.79. The molecule has 132 valence electrons. The van der Waals surface area contributed by atoms with Gasteiger partial charge in [-0.05, 0) is 18.1 Å². The largest absolute Gasteiger partial charge is 0.480 e. The van der Waals surface area contributed by atoms with E-state index in [1.165, 1.54) is 29.2 Å². The maximum absolute atomic E-state index is 12.4. The Morgan fingerprint density at radius 1 is 1.20 bits per heavy atom. The van der Waals surface area contributed by atoms with E-state index >= 15 is 0 Å². The molecule has 7 nitrogen and oxygen atoms in total. The van der Waals surface area contributed by atoms with E-state index in [-0.39, 0.29) is 12.6 Å². The molecule has 1 fully saturated rings. The zero-order valence-electron chi connectivity index (χ0n) is 13.8. The fourth-order valence-corrected chi connectivity index (χ4v) is 3.73. The van der Waals surface area contributed by atoms with Crippen molar-refractivity contribution < 1.29 is 17.9 Å². The summed E-state index contributed by atoms with van der Waals surface area (Å²) in [5.41, 5.74) is 0.838. The minimum Gasteiger partial charge on any atom is -0.480 e. The SMILES string of the molecule is COc1cncc(OC2CCN(S(=O)(=O)/C=C/c3ccccc3)C2)n1. The Hall–Kier alpha value is -2.45. The van der Waals surface area contributed by atoms with Crippen LogP contribution in [0.4, 0.5) is 0 Å². The molecule has 0 amide bonds. The van der Waals surface area contributed by atoms with Gasteiger partial charge in [-0.15, -0.1) is 0 Å². The van der Waals surface area contributed by atoms with Gasteiger partial charge in [-0.2, -0.15) is 9.29 Å². The molecule has 1 saturated heterocycles. The Morgan fingerprint density at radius 3 is 2.72 bits per heavy atom. The molecule has 8 heteroatoms. The quantitative estimate of drug-likeness (QED) is 0.782. The van der Waals surface area contributed by atoms with Crippen LogP contribution >= 0.6 is 0 Å². The van der Waals surface area contributed by atoms with Gasteiger partial charge in [-0.25, -0.2) is 8.42 Å². The molecule has 0 saturated carbocycles. The van der Waals surface area contributed by atoms with Crippen molar-refractivity contribution in [3.63, 3.8) is 0 Å². The molecule has 1 aliphatic rings. The van der Waals surface area contributed by atoms with E-state index in [0.717, 1.165) is 5.56 Å². The number of hydrogen-bond donors (Lipinski definition) is 0. The van der Waals surface area contributed by atoms with Crippen LogP contribution in [-0.2, 0) is 10.0 Å². The number of nitrogens with zero attached hydrogens (tertiary/aromatic N) is 3. The smallest absolute Gasteiger partial charge is 0.236 e. The van der Waals surface area contributed by atoms with Crippen LogP contribution in [0.1, 0.15) is 12.0 Å². The van der Waals surface area contributed by atoms with Crippen molar-refractivity contribution in [1.29, 1.82) is 0 Å². The molecular formula is C17H19N3O4S. The van der Waals surface area contributed by atoms with E-state index in [2.05, 4.69) is 9.97 Å². The van der Waals surface area contributed by atoms with Crippen molar-refractivity contribution >= 4 is 16.1 Å². The summed E-state index contributed by atoms with van der Waals surface area (Å²) in [5, 5.41) is 1.23. The zero-order chi connectivity index (χ0) is 17.7. The lowest BCUT2D eigenvalue weighted by molar-refractivity contribution is 0.203. The van der Waals surface area contributed by atoms with E-state index in [1.54, 1.807) is 6.08 Å². The summed E-state index contributed by atoms with van der Waals surface area (Å²) in [4.78, 5) is 8.10. The number of ether oxygens (including phenoxy) is 2. The second-order valence-electron chi connectivity index (χ2n) is 5.54. The molecule has 0 N–H and O–H groups in total. The van der Waals surface area contributed by atoms with Crippen molar-refractivity contribution in [1.82, 2.24) is 14.3 Å². The molecule has 1 aromatic heterocycles. The summed E-state index contributed by atoms with van der Waals surface area (Å²) in [5.74, 6) is 0.675. The highest BCUT2D eigenvalue weighted by atomic mass is 32.2. The Morgan fingerprint density at radius 2 is 1.96 bits per heavy atom. The Labute approximate surface area is 147 Å². The highest BCUT2D eigenvalue weighted by Crippen LogP contribution is 2.21. The average molecular weight is 361 g/mol. The third kappa shape index (κ3) is 4.55. The molecule has 0 bridgehead atoms. The first kappa shape index (κ1) is 17.4. The predicted octanol–water partition coefficient (Wildman–Crippen LogP) is 1.94. The summed E-state index contributed by atoms with van der Waals surface area (Å²) in [6.07, 6.45) is 4.89. The molecule has 0 aliphatic carbocycles. The van der Waals surface area contributed by atoms with Gasteiger partial charge in [0.15, 0.2) is 0 Å². The minimum absolute atomic E-state index is 0.263. The summed E-state index contributed by atoms with van der Waals surface area (Å²) in [7, 11) is -1.99. The summed E-state index contributed by atoms with van der Waals surface area (Å²) >= 11 is 0. The monoisotopic (exact) mass is 361 g/mol. The van der Waals surface area contributed by atoms with Gasteiger partial charge < -0.3 is 9.47 Å². The first-order valence-electron chi connectivity index (χ1n) is 7.83. The molecule has 0 radical (unpaired) electrons. The van der Waals surface area contributed by atoms with Crippen LogP contribution in [0, 0.1) is 0 Å². The molecule has 2 heterocycles. The highest BCUT2D eigenvalue weighted by molar-refractivity contribution is 7.92. The number of benzene rings is 1. The van der Waals surface area contributed by atoms with Crippen LogP contribution in [0.3, 0.4) is 0 Å². The highest BCUT2D eigenvalue weighted by Gasteiger charge is 2.31. The number of hydrogen-bond acceptors (Lipinski definition) is 6. The molecule has 1 unspecified atom stereocenters. The lowest BCUT2D eigenvalue weighted by Gasteiger charge is -2.15. The van der Waals surface area contributed by atoms with Crippen molar-refractivity contribution in [2.45, 2.75) is 12.5 Å². The van der Waals surface area contributed by atoms with Crippen molar-refractivity contribution in [2.75, 3.05) is 20.2 Å². The fraction of sp³-hybridized carbons (Fsp3) is 0.294. The van der Waals surface area contributed by atoms with Gasteiger partial charge in [0.05, 0.1) is 26.0 Å². The number of aromatic nitrogens is 2. The van der Waals surface area contributed by atoms with E-state index in [1.807, 2.05) is 30.3 Å². The predicted molar refractivity (Wildman–Crippen MR) is 93.6 cm³/mol. The molecule has 3 rings (SSSR count). The molecule has 2 aromatic rings. The first-order chi connectivity index (χ1) is 12.1. The van der Waals surface area contributed by atoms with Crippen molar-refractivity contribution in [3.8, 4) is 11.8 Å². The number of rotatable bonds is 6. The fourth-order valence-electron chi connectivity index (χ4n) is 2.50. The second-order valence-corrected chi connectivity index (χ2v) is 7.36. The number of methoxy groups -OCH3 is 1. The molecular weight excluding hydrogens is 342 g/mol. The van der Waals surface area contributed by atoms with Gasteiger partial charge in [-0.1, -0.05) is 30.3 Å². The lowest BCUT2D eigenvalue weighted by atomic mass is 10.2. The Kier molecular flexibility index (Phi) is 5.30. The van der Waals surface area contributed by atoms with Gasteiger partial charge in [0, 0.05) is 12.0 Å². The van der Waals surface area contributed by atoms with Gasteiger partial charge in [-0.3, -0.25) is 4.98 Å². The Bertz CT molecular complexity index is 840. The molecule has 0 spiro atoms. The third-order valence-corrected chi connectivity index (χ3v) is 5.32. The molecule has 1 aliphatic heterocycles. The standard InChI is InChI=1S/C17H19N3O4S/c1-23-16-11-18-12-17(19-16)24-15-7-9-20(13-15)25(21,22)10-8-14-5-3-2-4-6-14/h2-6,8,10-12,15H,7,9,13H2,1H3/b10-8+. The number of sulfonamides is 1. The van der Waals surface area contributed by atoms with Crippen LogP contribution in [0.5, 0.6) is 11.8 Å². The maximum atomic E-state index is 12.4. The average Bonchev–Trinajstić information content (AvgIpc) is 3.10. The summed E-state index contributed by atoms with van der Waals surface area (Å²) in [6, 6.07) is 9.31. The summed E-state index contributed by atoms with van der Waals surface area (Å²) in [6.45, 7) is 0.684. The van der Waals surface area contributed by atoms with E-state index in [0.29, 0.717) is 24.7 Å². The minimum atomic E-state index is -3.48. The van der Waals surface area contributed by atoms with Crippen LogP contribution in [0.2, 0.25) is 0 Å². The first-order valence-corrected chi connectivity index (χ1v) is 9.33. The normalized spacial score (nSPS) is 18.5. The van der Waals surface area contributed by atoms with E-state index in [9.17, 15) is 8.42 Å². The van der Waals surface area contributed by atoms with E-state index in [4.69, 9.17) is 9.47 Å². The van der Waals surface area contributed by atoms with Crippen LogP contribution in [0.25, 0.3) is 6.08 Å². The van der Waals surface area contributed by atoms with Crippen molar-refractivity contribution in [3.05, 3.63) is 53.7 Å². The van der Waals surface area contributed by atoms with E-state index < -0.39 is 10.0 Å². The van der Waals surface area contributed by atoms with Gasteiger partial charge in [0.2, 0.25) is 21.8 Å². The van der Waals surface area contributed by atoms with Gasteiger partial charge in [0.25, 0.3) is 0 Å². The summed E-state index contributed by atoms with van der Waals surface area (Å²) < 4.78 is 37.0. The van der Waals surface area contributed by atoms with Crippen LogP contribution in [0.15, 0.2) is 48.1 Å². The van der Waals surface area contributed by atoms with Crippen LogP contribution in [-0.4, -0.2) is 49.0 Å². The lowest BCUT2D eigenvalue weighted by Crippen LogP contribution is -2.29. The second kappa shape index (κ2) is 7.62. The molecule has 1 atom stereocenters. The molecule has 25 heavy (non-hydrogen) atoms. The zero-order valence-corrected chi connectivity index (χ0v) is 14.6. The van der Waals surface area contributed by atoms with Crippen LogP contribution < -0.4 is 9.47 Å². The molecule has 1 aromatic carbocycles. The van der Waals surface area contributed by atoms with Gasteiger partial charge in [0.1, 0.15) is 6.10 Å². The van der Waals surface area contributed by atoms with Crippen molar-refractivity contribution in [2.24, 2.45) is 0 Å². The topological polar surface area (TPSA) is 81.6 Å². The maximum Gasteiger partial charge on any atom is 0.236 e. The Balaban J connectivity index is 1.62. The van der Waals surface area contributed by atoms with Gasteiger partial charge >= 0.3 is 0 Å².